The molecule has 0 bridgehead atoms. The van der Waals surface area contributed by atoms with Gasteiger partial charge in [-0.25, -0.2) is 0 Å². The van der Waals surface area contributed by atoms with Crippen molar-refractivity contribution in [2.45, 2.75) is 163 Å². The summed E-state index contributed by atoms with van der Waals surface area (Å²) < 4.78 is 24.7. The fourth-order valence-corrected chi connectivity index (χ4v) is 12.2. The molecule has 0 aromatic heterocycles. The minimum absolute atomic E-state index is 0. The van der Waals surface area contributed by atoms with Crippen LogP contribution in [-0.4, -0.2) is 97.7 Å². The van der Waals surface area contributed by atoms with E-state index in [2.05, 4.69) is 36.7 Å². The number of nitrogens with two attached hydrogens (primary N) is 3. The summed E-state index contributed by atoms with van der Waals surface area (Å²) in [5.74, 6) is -4.25. The van der Waals surface area contributed by atoms with Gasteiger partial charge in [-0.05, 0) is 110 Å². The van der Waals surface area contributed by atoms with Gasteiger partial charge in [-0.2, -0.15) is 0 Å². The maximum absolute atomic E-state index is 13.9. The molecule has 0 heterocycles. The lowest BCUT2D eigenvalue weighted by atomic mass is 9.43. The van der Waals surface area contributed by atoms with Crippen LogP contribution >= 0.6 is 37.2 Å². The molecule has 0 saturated heterocycles. The second kappa shape index (κ2) is 28.2. The SMILES string of the molecule is CC(C)[C@H](N)C(=O)NCC(=O)O[C@@H]1CC[C@@]2(C)[C@@H](C1)C[C@@H](OC(=O)CNC(=O)[C@@H](N)C(C)C)[C@@H]1[C@@H]2C[C@H](OC(=O)CNC(=O)[C@@H](N)C(C)C)[C@]2(C)[C@@H]([C@H](C)CCC(=O)OCc3ccccc3)CC[C@@H]12.Cl.Cl.Cl. The Hall–Kier alpha value is -3.74. The number of rotatable bonds is 21. The first kappa shape index (κ1) is 64.4. The maximum atomic E-state index is 13.9. The summed E-state index contributed by atoms with van der Waals surface area (Å²) in [5, 5.41) is 7.93. The van der Waals surface area contributed by atoms with E-state index in [9.17, 15) is 33.6 Å². The van der Waals surface area contributed by atoms with E-state index in [1.54, 1.807) is 0 Å². The number of fused-ring (bicyclic) bond motifs is 5. The zero-order valence-corrected chi connectivity index (χ0v) is 46.1. The second-order valence-corrected chi connectivity index (χ2v) is 22.0. The third-order valence-electron chi connectivity index (χ3n) is 16.6. The molecule has 4 fully saturated rings. The molecule has 72 heavy (non-hydrogen) atoms. The highest BCUT2D eigenvalue weighted by atomic mass is 35.5. The fraction of sp³-hybridized carbons (Fsp3) is 0.750. The van der Waals surface area contributed by atoms with Crippen molar-refractivity contribution >= 4 is 78.8 Å². The molecule has 0 radical (unpaired) electrons. The maximum Gasteiger partial charge on any atom is 0.325 e. The monoisotopic (exact) mass is 1070 g/mol. The van der Waals surface area contributed by atoms with Crippen LogP contribution in [0.15, 0.2) is 30.3 Å². The predicted molar refractivity (Wildman–Crippen MR) is 279 cm³/mol. The van der Waals surface area contributed by atoms with Crippen molar-refractivity contribution in [3.8, 4) is 0 Å². The van der Waals surface area contributed by atoms with Crippen LogP contribution in [0.25, 0.3) is 0 Å². The van der Waals surface area contributed by atoms with E-state index in [0.717, 1.165) is 18.4 Å². The Morgan fingerprint density at radius 2 is 1.12 bits per heavy atom. The van der Waals surface area contributed by atoms with Gasteiger partial charge in [-0.3, -0.25) is 33.6 Å². The average molecular weight is 1080 g/mol. The highest BCUT2D eigenvalue weighted by molar-refractivity contribution is 5.87. The molecule has 20 heteroatoms. The number of ether oxygens (including phenoxy) is 4. The Morgan fingerprint density at radius 3 is 1.64 bits per heavy atom. The van der Waals surface area contributed by atoms with Gasteiger partial charge in [-0.15, -0.1) is 37.2 Å². The summed E-state index contributed by atoms with van der Waals surface area (Å²) in [6.45, 7) is 16.6. The molecule has 4 aliphatic carbocycles. The Balaban J connectivity index is 0.00000592. The van der Waals surface area contributed by atoms with Gasteiger partial charge >= 0.3 is 23.9 Å². The Morgan fingerprint density at radius 1 is 0.625 bits per heavy atom. The molecule has 0 spiro atoms. The fourth-order valence-electron chi connectivity index (χ4n) is 12.2. The molecular formula is C52H85Cl3N6O11. The third-order valence-corrected chi connectivity index (χ3v) is 16.6. The first-order valence-corrected chi connectivity index (χ1v) is 25.4. The van der Waals surface area contributed by atoms with Crippen molar-refractivity contribution in [2.75, 3.05) is 19.6 Å². The lowest BCUT2D eigenvalue weighted by Crippen LogP contribution is -2.64. The van der Waals surface area contributed by atoms with Crippen LogP contribution in [0.5, 0.6) is 0 Å². The molecule has 5 rings (SSSR count). The molecular weight excluding hydrogens is 991 g/mol. The first-order chi connectivity index (χ1) is 32.5. The van der Waals surface area contributed by atoms with Crippen LogP contribution in [0, 0.1) is 64.1 Å². The van der Waals surface area contributed by atoms with E-state index >= 15 is 0 Å². The van der Waals surface area contributed by atoms with Crippen molar-refractivity contribution in [2.24, 2.45) is 81.3 Å². The van der Waals surface area contributed by atoms with Gasteiger partial charge in [0.25, 0.3) is 0 Å². The van der Waals surface area contributed by atoms with Crippen LogP contribution in [0.2, 0.25) is 0 Å². The molecule has 14 atom stereocenters. The Bertz CT molecular complexity index is 1980. The van der Waals surface area contributed by atoms with E-state index in [1.165, 1.54) is 0 Å². The van der Waals surface area contributed by atoms with Gasteiger partial charge in [0.1, 0.15) is 44.6 Å². The van der Waals surface area contributed by atoms with Gasteiger partial charge in [0.15, 0.2) is 0 Å². The highest BCUT2D eigenvalue weighted by Gasteiger charge is 2.68. The molecule has 17 nitrogen and oxygen atoms in total. The molecule has 0 aliphatic heterocycles. The normalized spacial score (nSPS) is 28.8. The smallest absolute Gasteiger partial charge is 0.325 e. The van der Waals surface area contributed by atoms with Crippen molar-refractivity contribution < 1.29 is 52.5 Å². The highest BCUT2D eigenvalue weighted by Crippen LogP contribution is 2.69. The van der Waals surface area contributed by atoms with Crippen LogP contribution < -0.4 is 33.2 Å². The third kappa shape index (κ3) is 15.7. The van der Waals surface area contributed by atoms with Crippen LogP contribution in [0.3, 0.4) is 0 Å². The molecule has 4 saturated carbocycles. The minimum atomic E-state index is -0.804. The van der Waals surface area contributed by atoms with Crippen LogP contribution in [-0.2, 0) is 59.1 Å². The van der Waals surface area contributed by atoms with Gasteiger partial charge in [0.05, 0.1) is 18.1 Å². The van der Waals surface area contributed by atoms with Crippen molar-refractivity contribution in [1.82, 2.24) is 16.0 Å². The van der Waals surface area contributed by atoms with Gasteiger partial charge in [0.2, 0.25) is 17.7 Å². The molecule has 4 aliphatic rings. The number of nitrogens with one attached hydrogen (secondary N) is 3. The zero-order chi connectivity index (χ0) is 51.0. The number of benzene rings is 1. The number of carbonyl (C=O) groups excluding carboxylic acids is 7. The van der Waals surface area contributed by atoms with E-state index < -0.39 is 77.5 Å². The summed E-state index contributed by atoms with van der Waals surface area (Å²) in [5.41, 5.74) is 18.1. The van der Waals surface area contributed by atoms with Gasteiger partial charge < -0.3 is 52.1 Å². The summed E-state index contributed by atoms with van der Waals surface area (Å²) in [6.07, 6.45) is 3.24. The minimum Gasteiger partial charge on any atom is -0.461 e. The first-order valence-electron chi connectivity index (χ1n) is 25.4. The number of hydrogen-bond donors (Lipinski definition) is 6. The lowest BCUT2D eigenvalue weighted by molar-refractivity contribution is -0.225. The predicted octanol–water partition coefficient (Wildman–Crippen LogP) is 5.32. The number of amides is 3. The number of halogens is 3. The molecule has 1 aromatic carbocycles. The number of carbonyl (C=O) groups is 7. The van der Waals surface area contributed by atoms with Crippen LogP contribution in [0.1, 0.15) is 126 Å². The van der Waals surface area contributed by atoms with Crippen molar-refractivity contribution in [3.63, 3.8) is 0 Å². The molecule has 410 valence electrons. The van der Waals surface area contributed by atoms with E-state index in [1.807, 2.05) is 71.9 Å². The van der Waals surface area contributed by atoms with Crippen molar-refractivity contribution in [1.29, 1.82) is 0 Å². The zero-order valence-electron chi connectivity index (χ0n) is 43.7. The average Bonchev–Trinajstić information content (AvgIpc) is 3.68. The largest absolute Gasteiger partial charge is 0.461 e. The summed E-state index contributed by atoms with van der Waals surface area (Å²) in [7, 11) is 0. The van der Waals surface area contributed by atoms with Crippen molar-refractivity contribution in [3.05, 3.63) is 35.9 Å². The second-order valence-electron chi connectivity index (χ2n) is 22.0. The van der Waals surface area contributed by atoms with Gasteiger partial charge in [-0.1, -0.05) is 92.6 Å². The number of hydrogen-bond acceptors (Lipinski definition) is 14. The summed E-state index contributed by atoms with van der Waals surface area (Å²) in [6, 6.07) is 7.14. The topological polar surface area (TPSA) is 271 Å². The molecule has 0 unspecified atom stereocenters. The van der Waals surface area contributed by atoms with E-state index in [4.69, 9.17) is 36.1 Å². The Labute approximate surface area is 445 Å². The standard InChI is InChI=1S/C52H82N6O11.3ClH/c1-28(2)45(53)48(63)56-24-41(60)67-34-19-20-51(8)33(21-34)22-38(68-42(61)25-57-49(64)46(54)29(3)4)44-36-17-16-35(31(7)15-18-40(59)66-27-32-13-11-10-12-14-32)52(36,9)39(23-37(44)51)69-43(62)26-58-50(65)47(55)30(5)6;;;/h10-14,28-31,33-39,44-47H,15-27,53-55H2,1-9H3,(H,56,63)(H,57,64)(H,58,65);3*1H/t31-,33+,34-,35-,36+,37+,38-,39+,44+,45+,46+,47+,51+,52-;;;/m1.../s1. The number of esters is 4. The molecule has 1 aromatic rings. The lowest BCUT2D eigenvalue weighted by Gasteiger charge is -2.64. The quantitative estimate of drug-likeness (QED) is 0.0672. The Kier molecular flexibility index (Phi) is 25.2. The summed E-state index contributed by atoms with van der Waals surface area (Å²) in [4.78, 5) is 92.3. The van der Waals surface area contributed by atoms with E-state index in [-0.39, 0.29) is 135 Å². The molecule has 3 amide bonds. The molecule has 9 N–H and O–H groups in total. The van der Waals surface area contributed by atoms with Gasteiger partial charge in [0, 0.05) is 17.8 Å². The van der Waals surface area contributed by atoms with E-state index in [0.29, 0.717) is 38.5 Å². The summed E-state index contributed by atoms with van der Waals surface area (Å²) >= 11 is 0. The van der Waals surface area contributed by atoms with Crippen LogP contribution in [0.4, 0.5) is 0 Å².